The fourth-order valence-corrected chi connectivity index (χ4v) is 2.94. The van der Waals surface area contributed by atoms with Crippen LogP contribution < -0.4 is 15.4 Å². The number of benzene rings is 2. The molecule has 0 atom stereocenters. The second kappa shape index (κ2) is 10.7. The molecular weight excluding hydrogens is 364 g/mol. The van der Waals surface area contributed by atoms with E-state index in [0.717, 1.165) is 32.4 Å². The summed E-state index contributed by atoms with van der Waals surface area (Å²) in [5.74, 6) is 0.518. The predicted octanol–water partition coefficient (Wildman–Crippen LogP) is 3.62. The van der Waals surface area contributed by atoms with E-state index in [1.165, 1.54) is 5.56 Å². The highest BCUT2D eigenvalue weighted by Gasteiger charge is 2.17. The lowest BCUT2D eigenvalue weighted by molar-refractivity contribution is -0.118. The summed E-state index contributed by atoms with van der Waals surface area (Å²) in [7, 11) is 0. The fourth-order valence-electron chi connectivity index (χ4n) is 2.94. The van der Waals surface area contributed by atoms with E-state index in [1.807, 2.05) is 6.07 Å². The third kappa shape index (κ3) is 6.38. The number of carbonyl (C=O) groups is 2. The van der Waals surface area contributed by atoms with Gasteiger partial charge in [0.25, 0.3) is 5.91 Å². The van der Waals surface area contributed by atoms with Gasteiger partial charge in [0.2, 0.25) is 0 Å². The summed E-state index contributed by atoms with van der Waals surface area (Å²) >= 11 is 0. The van der Waals surface area contributed by atoms with Crippen LogP contribution in [0.2, 0.25) is 0 Å². The Bertz CT molecular complexity index is 765. The number of unbranched alkanes of at least 4 members (excludes halogenated alkanes) is 1. The van der Waals surface area contributed by atoms with Gasteiger partial charge in [0.15, 0.2) is 12.4 Å². The standard InChI is InChI=1S/C21H24N2O3.ClH/c24-19(17-9-10-20-18(14-17)23-21(25)15-26-20)8-4-5-12-22-13-11-16-6-2-1-3-7-16;/h1-3,6-7,9-10,14,22H,4-5,8,11-13,15H2,(H,23,25);1H. The molecule has 0 unspecified atom stereocenters. The average molecular weight is 389 g/mol. The molecule has 2 N–H and O–H groups in total. The summed E-state index contributed by atoms with van der Waals surface area (Å²) in [4.78, 5) is 23.7. The molecule has 0 aliphatic carbocycles. The van der Waals surface area contributed by atoms with Crippen molar-refractivity contribution in [2.24, 2.45) is 0 Å². The molecule has 0 fully saturated rings. The maximum absolute atomic E-state index is 12.3. The topological polar surface area (TPSA) is 67.4 Å². The van der Waals surface area contributed by atoms with Crippen molar-refractivity contribution in [2.75, 3.05) is 25.0 Å². The first-order valence-corrected chi connectivity index (χ1v) is 9.07. The number of ketones is 1. The Hall–Kier alpha value is -2.37. The normalized spacial score (nSPS) is 12.4. The Morgan fingerprint density at radius 3 is 2.70 bits per heavy atom. The van der Waals surface area contributed by atoms with E-state index in [2.05, 4.69) is 34.9 Å². The molecule has 1 amide bonds. The van der Waals surface area contributed by atoms with Crippen LogP contribution in [0, 0.1) is 0 Å². The van der Waals surface area contributed by atoms with Crippen molar-refractivity contribution >= 4 is 29.8 Å². The molecule has 0 spiro atoms. The lowest BCUT2D eigenvalue weighted by Gasteiger charge is -2.18. The first kappa shape index (κ1) is 20.9. The number of fused-ring (bicyclic) bond motifs is 1. The number of amides is 1. The Labute approximate surface area is 165 Å². The zero-order chi connectivity index (χ0) is 18.2. The zero-order valence-corrected chi connectivity index (χ0v) is 16.0. The fraction of sp³-hybridized carbons (Fsp3) is 0.333. The number of nitrogens with one attached hydrogen (secondary N) is 2. The van der Waals surface area contributed by atoms with E-state index >= 15 is 0 Å². The lowest BCUT2D eigenvalue weighted by Crippen LogP contribution is -2.25. The van der Waals surface area contributed by atoms with Gasteiger partial charge in [0.1, 0.15) is 5.75 Å². The number of rotatable bonds is 9. The Kier molecular flexibility index (Phi) is 8.30. The summed E-state index contributed by atoms with van der Waals surface area (Å²) in [6.45, 7) is 1.88. The van der Waals surface area contributed by atoms with Gasteiger partial charge in [-0.15, -0.1) is 12.4 Å². The van der Waals surface area contributed by atoms with Gasteiger partial charge in [-0.05, 0) is 56.1 Å². The molecule has 0 saturated carbocycles. The minimum Gasteiger partial charge on any atom is -0.482 e. The van der Waals surface area contributed by atoms with Crippen LogP contribution in [0.3, 0.4) is 0 Å². The molecule has 1 heterocycles. The summed E-state index contributed by atoms with van der Waals surface area (Å²) in [6, 6.07) is 15.6. The monoisotopic (exact) mass is 388 g/mol. The van der Waals surface area contributed by atoms with Crippen molar-refractivity contribution in [1.82, 2.24) is 5.32 Å². The number of hydrogen-bond acceptors (Lipinski definition) is 4. The molecular formula is C21H25ClN2O3. The van der Waals surface area contributed by atoms with E-state index in [9.17, 15) is 9.59 Å². The lowest BCUT2D eigenvalue weighted by atomic mass is 10.0. The van der Waals surface area contributed by atoms with E-state index in [1.54, 1.807) is 18.2 Å². The Balaban J connectivity index is 0.00000261. The highest BCUT2D eigenvalue weighted by atomic mass is 35.5. The van der Waals surface area contributed by atoms with Crippen LogP contribution in [0.4, 0.5) is 5.69 Å². The van der Waals surface area contributed by atoms with Gasteiger partial charge in [0.05, 0.1) is 5.69 Å². The second-order valence-electron chi connectivity index (χ2n) is 6.41. The molecule has 0 radical (unpaired) electrons. The van der Waals surface area contributed by atoms with Gasteiger partial charge < -0.3 is 15.4 Å². The number of carbonyl (C=O) groups excluding carboxylic acids is 2. The van der Waals surface area contributed by atoms with Gasteiger partial charge in [-0.1, -0.05) is 30.3 Å². The largest absolute Gasteiger partial charge is 0.482 e. The van der Waals surface area contributed by atoms with Gasteiger partial charge >= 0.3 is 0 Å². The van der Waals surface area contributed by atoms with Crippen LogP contribution in [0.5, 0.6) is 5.75 Å². The zero-order valence-electron chi connectivity index (χ0n) is 15.2. The third-order valence-corrected chi connectivity index (χ3v) is 4.38. The van der Waals surface area contributed by atoms with Crippen LogP contribution >= 0.6 is 12.4 Å². The quantitative estimate of drug-likeness (QED) is 0.508. The summed E-state index contributed by atoms with van der Waals surface area (Å²) in [5, 5.41) is 6.15. The molecule has 0 bridgehead atoms. The minimum absolute atomic E-state index is 0. The molecule has 5 nitrogen and oxygen atoms in total. The first-order valence-electron chi connectivity index (χ1n) is 9.07. The van der Waals surface area contributed by atoms with E-state index < -0.39 is 0 Å². The maximum atomic E-state index is 12.3. The number of hydrogen-bond donors (Lipinski definition) is 2. The highest BCUT2D eigenvalue weighted by molar-refractivity contribution is 6.00. The highest BCUT2D eigenvalue weighted by Crippen LogP contribution is 2.28. The van der Waals surface area contributed by atoms with Gasteiger partial charge in [-0.2, -0.15) is 0 Å². The van der Waals surface area contributed by atoms with Gasteiger partial charge in [0, 0.05) is 12.0 Å². The molecule has 3 rings (SSSR count). The van der Waals surface area contributed by atoms with Crippen molar-refractivity contribution in [3.05, 3.63) is 59.7 Å². The maximum Gasteiger partial charge on any atom is 0.262 e. The van der Waals surface area contributed by atoms with Crippen LogP contribution in [0.25, 0.3) is 0 Å². The number of Topliss-reactive ketones (excluding diaryl/α,β-unsaturated/α-hetero) is 1. The molecule has 2 aromatic carbocycles. The van der Waals surface area contributed by atoms with Crippen molar-refractivity contribution in [3.8, 4) is 5.75 Å². The SMILES string of the molecule is Cl.O=C1COc2ccc(C(=O)CCCCNCCc3ccccc3)cc2N1. The molecule has 2 aromatic rings. The van der Waals surface area contributed by atoms with E-state index in [-0.39, 0.29) is 30.7 Å². The molecule has 0 saturated heterocycles. The number of halogens is 1. The predicted molar refractivity (Wildman–Crippen MR) is 109 cm³/mol. The molecule has 1 aliphatic heterocycles. The number of ether oxygens (including phenoxy) is 1. The summed E-state index contributed by atoms with van der Waals surface area (Å²) in [5.41, 5.74) is 2.53. The number of anilines is 1. The molecule has 1 aliphatic rings. The molecule has 0 aromatic heterocycles. The van der Waals surface area contributed by atoms with Gasteiger partial charge in [-0.25, -0.2) is 0 Å². The van der Waals surface area contributed by atoms with Crippen molar-refractivity contribution in [3.63, 3.8) is 0 Å². The Morgan fingerprint density at radius 1 is 1.07 bits per heavy atom. The van der Waals surface area contributed by atoms with E-state index in [0.29, 0.717) is 23.4 Å². The third-order valence-electron chi connectivity index (χ3n) is 4.38. The summed E-state index contributed by atoms with van der Waals surface area (Å²) < 4.78 is 5.31. The second-order valence-corrected chi connectivity index (χ2v) is 6.41. The molecule has 6 heteroatoms. The van der Waals surface area contributed by atoms with E-state index in [4.69, 9.17) is 4.74 Å². The molecule has 27 heavy (non-hydrogen) atoms. The first-order chi connectivity index (χ1) is 12.7. The minimum atomic E-state index is -0.191. The smallest absolute Gasteiger partial charge is 0.262 e. The van der Waals surface area contributed by atoms with Gasteiger partial charge in [-0.3, -0.25) is 9.59 Å². The van der Waals surface area contributed by atoms with Crippen LogP contribution in [-0.4, -0.2) is 31.4 Å². The molecule has 144 valence electrons. The van der Waals surface area contributed by atoms with Crippen molar-refractivity contribution in [2.45, 2.75) is 25.7 Å². The van der Waals surface area contributed by atoms with Crippen molar-refractivity contribution < 1.29 is 14.3 Å². The average Bonchev–Trinajstić information content (AvgIpc) is 2.67. The Morgan fingerprint density at radius 2 is 1.89 bits per heavy atom. The van der Waals surface area contributed by atoms with Crippen LogP contribution in [0.1, 0.15) is 35.2 Å². The van der Waals surface area contributed by atoms with Crippen molar-refractivity contribution in [1.29, 1.82) is 0 Å². The summed E-state index contributed by atoms with van der Waals surface area (Å²) in [6.07, 6.45) is 3.33. The van der Waals surface area contributed by atoms with Crippen LogP contribution in [-0.2, 0) is 11.2 Å². The van der Waals surface area contributed by atoms with Crippen LogP contribution in [0.15, 0.2) is 48.5 Å².